The van der Waals surface area contributed by atoms with Crippen molar-refractivity contribution in [2.75, 3.05) is 11.9 Å². The lowest BCUT2D eigenvalue weighted by Gasteiger charge is -2.35. The Hall–Kier alpha value is -4.36. The maximum Gasteiger partial charge on any atom is 0.247 e. The molecule has 2 aliphatic heterocycles. The number of halogens is 2. The van der Waals surface area contributed by atoms with Crippen LogP contribution in [-0.4, -0.2) is 33.2 Å². The highest BCUT2D eigenvalue weighted by atomic mass is 35.5. The predicted molar refractivity (Wildman–Crippen MR) is 163 cm³/mol. The van der Waals surface area contributed by atoms with E-state index in [0.29, 0.717) is 42.5 Å². The zero-order chi connectivity index (χ0) is 29.2. The summed E-state index contributed by atoms with van der Waals surface area (Å²) in [6.07, 6.45) is 9.12. The molecule has 2 amide bonds. The summed E-state index contributed by atoms with van der Waals surface area (Å²) in [4.78, 5) is 37.4. The Kier molecular flexibility index (Phi) is 7.85. The molecule has 0 saturated heterocycles. The number of fused-ring (bicyclic) bond motifs is 4. The van der Waals surface area contributed by atoms with Gasteiger partial charge < -0.3 is 10.2 Å². The van der Waals surface area contributed by atoms with Crippen molar-refractivity contribution >= 4 is 34.7 Å². The van der Waals surface area contributed by atoms with Gasteiger partial charge in [-0.1, -0.05) is 49.2 Å². The van der Waals surface area contributed by atoms with Crippen molar-refractivity contribution in [1.29, 1.82) is 0 Å². The monoisotopic (exact) mass is 580 g/mol. The molecule has 0 fully saturated rings. The van der Waals surface area contributed by atoms with Crippen LogP contribution in [0.5, 0.6) is 0 Å². The molecule has 1 N–H and O–H groups in total. The molecule has 8 heteroatoms. The number of hydrogen-bond acceptors (Lipinski definition) is 4. The molecule has 2 bridgehead atoms. The summed E-state index contributed by atoms with van der Waals surface area (Å²) in [5.41, 5.74) is 5.76. The first kappa shape index (κ1) is 27.8. The van der Waals surface area contributed by atoms with Crippen LogP contribution in [-0.2, 0) is 9.59 Å². The molecule has 2 aromatic heterocycles. The highest BCUT2D eigenvalue weighted by Gasteiger charge is 2.31. The van der Waals surface area contributed by atoms with Crippen LogP contribution in [0, 0.1) is 11.7 Å². The van der Waals surface area contributed by atoms with Crippen molar-refractivity contribution in [3.05, 3.63) is 107 Å². The molecule has 0 spiro atoms. The molecule has 6 nitrogen and oxygen atoms in total. The fraction of sp³-hybridized carbons (Fsp3) is 0.235. The first-order valence-corrected chi connectivity index (χ1v) is 14.5. The van der Waals surface area contributed by atoms with Gasteiger partial charge in [0.15, 0.2) is 0 Å². The van der Waals surface area contributed by atoms with Crippen molar-refractivity contribution in [3.8, 4) is 22.3 Å². The average Bonchev–Trinajstić information content (AvgIpc) is 3.01. The molecule has 2 atom stereocenters. The molecule has 212 valence electrons. The number of pyridine rings is 2. The molecule has 6 rings (SSSR count). The van der Waals surface area contributed by atoms with Crippen LogP contribution in [0.4, 0.5) is 10.1 Å². The third-order valence-electron chi connectivity index (χ3n) is 8.17. The fourth-order valence-corrected chi connectivity index (χ4v) is 6.07. The molecule has 0 radical (unpaired) electrons. The fourth-order valence-electron chi connectivity index (χ4n) is 5.91. The molecular weight excluding hydrogens is 551 g/mol. The predicted octanol–water partition coefficient (Wildman–Crippen LogP) is 7.72. The van der Waals surface area contributed by atoms with E-state index in [1.54, 1.807) is 24.7 Å². The standard InChI is InChI=1S/C34H30ClFN4O2/c1-21-5-4-8-30(29-19-23(13-17-38-29)25-6-2-3-7-28(25)39-34(21)42)40-18-14-24(20-31(40)41)32-26(9-10-27(35)33(32)36)22-11-15-37-16-12-22/h2-3,6-7,9-13,15-17,19-21,30H,4-5,8,14,18H2,1H3,(H,39,42)/t21-,30+/m1/s1. The van der Waals surface area contributed by atoms with Gasteiger partial charge in [-0.15, -0.1) is 0 Å². The minimum Gasteiger partial charge on any atom is -0.330 e. The Balaban J connectivity index is 1.38. The molecule has 0 saturated carbocycles. The molecule has 2 aromatic carbocycles. The number of anilines is 1. The van der Waals surface area contributed by atoms with Gasteiger partial charge in [-0.25, -0.2) is 4.39 Å². The van der Waals surface area contributed by atoms with Crippen LogP contribution in [0.1, 0.15) is 49.9 Å². The van der Waals surface area contributed by atoms with Gasteiger partial charge in [0.05, 0.1) is 16.8 Å². The van der Waals surface area contributed by atoms with Crippen molar-refractivity contribution < 1.29 is 14.0 Å². The Bertz CT molecular complexity index is 1690. The van der Waals surface area contributed by atoms with E-state index in [1.165, 1.54) is 12.1 Å². The maximum atomic E-state index is 15.5. The number of carbonyl (C=O) groups is 2. The summed E-state index contributed by atoms with van der Waals surface area (Å²) in [6, 6.07) is 18.3. The minimum atomic E-state index is -0.537. The van der Waals surface area contributed by atoms with E-state index in [0.717, 1.165) is 34.5 Å². The third-order valence-corrected chi connectivity index (χ3v) is 8.46. The van der Waals surface area contributed by atoms with Gasteiger partial charge in [0.1, 0.15) is 5.82 Å². The number of aromatic nitrogens is 2. The van der Waals surface area contributed by atoms with E-state index >= 15 is 4.39 Å². The molecular formula is C34H30ClFN4O2. The SMILES string of the molecule is C[C@@H]1CCC[C@H](N2CCC(c3c(-c4ccncc4)ccc(Cl)c3F)=CC2=O)c2cc(ccn2)-c2ccccc2NC1=O. The molecule has 0 aliphatic carbocycles. The summed E-state index contributed by atoms with van der Waals surface area (Å²) in [5.74, 6) is -0.953. The lowest BCUT2D eigenvalue weighted by atomic mass is 9.89. The number of rotatable bonds is 3. The van der Waals surface area contributed by atoms with Crippen LogP contribution in [0.2, 0.25) is 5.02 Å². The third kappa shape index (κ3) is 5.44. The molecule has 4 aromatic rings. The van der Waals surface area contributed by atoms with Gasteiger partial charge >= 0.3 is 0 Å². The second-order valence-electron chi connectivity index (χ2n) is 10.8. The minimum absolute atomic E-state index is 0.0114. The van der Waals surface area contributed by atoms with Crippen LogP contribution < -0.4 is 5.32 Å². The normalized spacial score (nSPS) is 19.2. The summed E-state index contributed by atoms with van der Waals surface area (Å²) in [6.45, 7) is 2.33. The average molecular weight is 581 g/mol. The lowest BCUT2D eigenvalue weighted by molar-refractivity contribution is -0.129. The Morgan fingerprint density at radius 3 is 2.55 bits per heavy atom. The smallest absolute Gasteiger partial charge is 0.247 e. The quantitative estimate of drug-likeness (QED) is 0.269. The van der Waals surface area contributed by atoms with E-state index in [1.807, 2.05) is 60.4 Å². The topological polar surface area (TPSA) is 75.2 Å². The van der Waals surface area contributed by atoms with E-state index in [-0.39, 0.29) is 28.8 Å². The second kappa shape index (κ2) is 11.9. The number of benzene rings is 2. The molecule has 4 heterocycles. The van der Waals surface area contributed by atoms with E-state index in [4.69, 9.17) is 16.6 Å². The van der Waals surface area contributed by atoms with Crippen LogP contribution in [0.25, 0.3) is 27.8 Å². The van der Waals surface area contributed by atoms with E-state index < -0.39 is 5.82 Å². The van der Waals surface area contributed by atoms with Crippen molar-refractivity contribution in [2.24, 2.45) is 5.92 Å². The Labute approximate surface area is 249 Å². The summed E-state index contributed by atoms with van der Waals surface area (Å²) in [7, 11) is 0. The number of carbonyl (C=O) groups excluding carboxylic acids is 2. The van der Waals surface area contributed by atoms with Gasteiger partial charge in [-0.3, -0.25) is 19.6 Å². The van der Waals surface area contributed by atoms with Gasteiger partial charge in [0.2, 0.25) is 11.8 Å². The summed E-state index contributed by atoms with van der Waals surface area (Å²) >= 11 is 6.22. The second-order valence-corrected chi connectivity index (χ2v) is 11.2. The maximum absolute atomic E-state index is 15.5. The number of hydrogen-bond donors (Lipinski definition) is 1. The molecule has 42 heavy (non-hydrogen) atoms. The van der Waals surface area contributed by atoms with Crippen molar-refractivity contribution in [2.45, 2.75) is 38.6 Å². The van der Waals surface area contributed by atoms with E-state index in [9.17, 15) is 9.59 Å². The Morgan fingerprint density at radius 2 is 1.74 bits per heavy atom. The van der Waals surface area contributed by atoms with Crippen LogP contribution in [0.3, 0.4) is 0 Å². The first-order valence-electron chi connectivity index (χ1n) is 14.2. The highest BCUT2D eigenvalue weighted by Crippen LogP contribution is 2.40. The van der Waals surface area contributed by atoms with Crippen LogP contribution >= 0.6 is 11.6 Å². The largest absolute Gasteiger partial charge is 0.330 e. The molecule has 2 aliphatic rings. The molecule has 0 unspecified atom stereocenters. The van der Waals surface area contributed by atoms with Crippen molar-refractivity contribution in [3.63, 3.8) is 0 Å². The van der Waals surface area contributed by atoms with Gasteiger partial charge in [-0.2, -0.15) is 0 Å². The van der Waals surface area contributed by atoms with Crippen LogP contribution in [0.15, 0.2) is 85.3 Å². The summed E-state index contributed by atoms with van der Waals surface area (Å²) < 4.78 is 15.5. The number of amides is 2. The summed E-state index contributed by atoms with van der Waals surface area (Å²) in [5, 5.41) is 3.10. The zero-order valence-electron chi connectivity index (χ0n) is 23.2. The first-order chi connectivity index (χ1) is 20.4. The van der Waals surface area contributed by atoms with E-state index in [2.05, 4.69) is 10.3 Å². The van der Waals surface area contributed by atoms with Gasteiger partial charge in [0, 0.05) is 53.9 Å². The zero-order valence-corrected chi connectivity index (χ0v) is 23.9. The van der Waals surface area contributed by atoms with Gasteiger partial charge in [0.25, 0.3) is 0 Å². The number of nitrogens with one attached hydrogen (secondary N) is 1. The Morgan fingerprint density at radius 1 is 0.952 bits per heavy atom. The highest BCUT2D eigenvalue weighted by molar-refractivity contribution is 6.31. The lowest BCUT2D eigenvalue weighted by Crippen LogP contribution is -2.38. The number of nitrogens with zero attached hydrogens (tertiary/aromatic N) is 3. The number of para-hydroxylation sites is 1. The van der Waals surface area contributed by atoms with Crippen molar-refractivity contribution in [1.82, 2.24) is 14.9 Å². The van der Waals surface area contributed by atoms with Gasteiger partial charge in [-0.05, 0) is 77.9 Å².